The maximum Gasteiger partial charge on any atom is 0.316 e. The molecule has 0 N–H and O–H groups in total. The Morgan fingerprint density at radius 2 is 1.15 bits per heavy atom. The molecule has 0 bridgehead atoms. The Labute approximate surface area is 173 Å². The molecule has 0 heterocycles. The van der Waals surface area contributed by atoms with Crippen molar-refractivity contribution in [3.05, 3.63) is 69.3 Å². The van der Waals surface area contributed by atoms with Gasteiger partial charge in [-0.15, -0.1) is 0 Å². The van der Waals surface area contributed by atoms with Gasteiger partial charge >= 0.3 is 11.9 Å². The average molecular weight is 478 g/mol. The van der Waals surface area contributed by atoms with E-state index in [1.807, 2.05) is 54.6 Å². The molecule has 0 atom stereocenters. The first-order valence-corrected chi connectivity index (χ1v) is 10.0. The van der Waals surface area contributed by atoms with Crippen LogP contribution < -0.4 is 0 Å². The summed E-state index contributed by atoms with van der Waals surface area (Å²) >= 11 is 2.26. The van der Waals surface area contributed by atoms with E-state index >= 15 is 0 Å². The molecule has 0 aliphatic heterocycles. The van der Waals surface area contributed by atoms with Crippen LogP contribution in [0.15, 0.2) is 54.6 Å². The number of esters is 2. The summed E-state index contributed by atoms with van der Waals surface area (Å²) in [5, 5.41) is 0. The summed E-state index contributed by atoms with van der Waals surface area (Å²) < 4.78 is 10.8. The highest BCUT2D eigenvalue weighted by Crippen LogP contribution is 2.49. The zero-order valence-corrected chi connectivity index (χ0v) is 17.7. The van der Waals surface area contributed by atoms with Crippen LogP contribution in [-0.4, -0.2) is 26.2 Å². The van der Waals surface area contributed by atoms with Gasteiger partial charge in [0.25, 0.3) is 0 Å². The van der Waals surface area contributed by atoms with E-state index in [4.69, 9.17) is 9.47 Å². The van der Waals surface area contributed by atoms with Gasteiger partial charge in [-0.05, 0) is 71.5 Å². The predicted octanol–water partition coefficient (Wildman–Crippen LogP) is 4.39. The van der Waals surface area contributed by atoms with E-state index in [9.17, 15) is 9.59 Å². The lowest BCUT2D eigenvalue weighted by molar-refractivity contribution is -0.144. The Hall–Kier alpha value is -1.89. The lowest BCUT2D eigenvalue weighted by atomic mass is 9.96. The molecule has 0 amide bonds. The summed E-state index contributed by atoms with van der Waals surface area (Å²) in [4.78, 5) is 23.0. The summed E-state index contributed by atoms with van der Waals surface area (Å²) in [6.07, 6.45) is 3.67. The lowest BCUT2D eigenvalue weighted by Crippen LogP contribution is -2.21. The third kappa shape index (κ3) is 4.03. The summed E-state index contributed by atoms with van der Waals surface area (Å²) in [6.45, 7) is 0. The van der Waals surface area contributed by atoms with Gasteiger partial charge in [0.1, 0.15) is 0 Å². The Kier molecular flexibility index (Phi) is 5.89. The molecule has 27 heavy (non-hydrogen) atoms. The number of carbonyl (C=O) groups is 2. The van der Waals surface area contributed by atoms with E-state index in [1.54, 1.807) is 0 Å². The maximum atomic E-state index is 11.6. The third-order valence-electron chi connectivity index (χ3n) is 5.38. The zero-order chi connectivity index (χ0) is 19.5. The minimum absolute atomic E-state index is 0.0984. The maximum absolute atomic E-state index is 11.6. The first kappa shape index (κ1) is 19.9. The van der Waals surface area contributed by atoms with Crippen LogP contribution in [0.25, 0.3) is 0 Å². The van der Waals surface area contributed by atoms with E-state index in [1.165, 1.54) is 17.8 Å². The van der Waals surface area contributed by atoms with E-state index in [-0.39, 0.29) is 22.8 Å². The van der Waals surface area contributed by atoms with Crippen LogP contribution in [0.5, 0.6) is 0 Å². The van der Waals surface area contributed by atoms with E-state index in [2.05, 4.69) is 22.6 Å². The van der Waals surface area contributed by atoms with Gasteiger partial charge in [-0.2, -0.15) is 0 Å². The molecule has 0 saturated heterocycles. The van der Waals surface area contributed by atoms with Crippen LogP contribution in [0, 0.1) is 3.57 Å². The second kappa shape index (κ2) is 8.00. The fourth-order valence-electron chi connectivity index (χ4n) is 3.39. The predicted molar refractivity (Wildman–Crippen MR) is 111 cm³/mol. The van der Waals surface area contributed by atoms with Crippen molar-refractivity contribution in [2.24, 2.45) is 0 Å². The highest BCUT2D eigenvalue weighted by atomic mass is 127. The van der Waals surface area contributed by atoms with Crippen molar-refractivity contribution in [3.8, 4) is 0 Å². The van der Waals surface area contributed by atoms with Crippen molar-refractivity contribution in [2.75, 3.05) is 14.2 Å². The van der Waals surface area contributed by atoms with E-state index < -0.39 is 0 Å². The number of halogens is 1. The van der Waals surface area contributed by atoms with Crippen molar-refractivity contribution in [1.29, 1.82) is 0 Å². The number of hydrogen-bond donors (Lipinski definition) is 0. The molecule has 2 aliphatic carbocycles. The van der Waals surface area contributed by atoms with Crippen LogP contribution in [-0.2, 0) is 29.9 Å². The topological polar surface area (TPSA) is 52.6 Å². The quantitative estimate of drug-likeness (QED) is 0.484. The number of hydrogen-bond acceptors (Lipinski definition) is 4. The van der Waals surface area contributed by atoms with Crippen molar-refractivity contribution in [3.63, 3.8) is 0 Å². The minimum Gasteiger partial charge on any atom is -0.468 e. The monoisotopic (exact) mass is 478 g/mol. The van der Waals surface area contributed by atoms with E-state index in [0.717, 1.165) is 36.8 Å². The highest BCUT2D eigenvalue weighted by Gasteiger charge is 2.53. The minimum atomic E-state index is -0.320. The summed E-state index contributed by atoms with van der Waals surface area (Å²) in [5.74, 6) is -0.197. The standard InChI is InChI=1S/C11H11IO2.C11H12O2/c1-14-10(13)11(6-7-11)8-2-4-9(12)5-3-8;1-13-10(12)11(7-8-11)9-5-3-2-4-6-9/h2-5H,6-7H2,1H3;2-6H,7-8H2,1H3. The van der Waals surface area contributed by atoms with Gasteiger partial charge in [-0.3, -0.25) is 9.59 Å². The van der Waals surface area contributed by atoms with Gasteiger partial charge in [0.2, 0.25) is 0 Å². The van der Waals surface area contributed by atoms with Crippen molar-refractivity contribution in [1.82, 2.24) is 0 Å². The second-order valence-electron chi connectivity index (χ2n) is 7.02. The van der Waals surface area contributed by atoms with Crippen LogP contribution in [0.3, 0.4) is 0 Å². The molecular weight excluding hydrogens is 455 g/mol. The van der Waals surface area contributed by atoms with Gasteiger partial charge in [-0.25, -0.2) is 0 Å². The van der Waals surface area contributed by atoms with Gasteiger partial charge in [0.15, 0.2) is 0 Å². The average Bonchev–Trinajstić information content (AvgIpc) is 3.63. The van der Waals surface area contributed by atoms with E-state index in [0.29, 0.717) is 0 Å². The Balaban J connectivity index is 0.000000156. The molecule has 142 valence electrons. The Morgan fingerprint density at radius 1 is 0.741 bits per heavy atom. The van der Waals surface area contributed by atoms with Crippen LogP contribution in [0.4, 0.5) is 0 Å². The molecule has 0 aromatic heterocycles. The largest absolute Gasteiger partial charge is 0.468 e. The molecule has 2 aromatic rings. The molecule has 0 unspecified atom stereocenters. The molecule has 0 radical (unpaired) electrons. The fraction of sp³-hybridized carbons (Fsp3) is 0.364. The SMILES string of the molecule is COC(=O)C1(c2ccc(I)cc2)CC1.COC(=O)C1(c2ccccc2)CC1. The molecule has 2 aromatic carbocycles. The number of methoxy groups -OCH3 is 2. The zero-order valence-electron chi connectivity index (χ0n) is 15.5. The van der Waals surface area contributed by atoms with Gasteiger partial charge in [-0.1, -0.05) is 42.5 Å². The molecule has 2 fully saturated rings. The fourth-order valence-corrected chi connectivity index (χ4v) is 3.75. The van der Waals surface area contributed by atoms with Gasteiger partial charge < -0.3 is 9.47 Å². The molecule has 4 rings (SSSR count). The number of carbonyl (C=O) groups excluding carboxylic acids is 2. The first-order chi connectivity index (χ1) is 13.0. The second-order valence-corrected chi connectivity index (χ2v) is 8.27. The van der Waals surface area contributed by atoms with Crippen LogP contribution in [0.1, 0.15) is 36.8 Å². The summed E-state index contributed by atoms with van der Waals surface area (Å²) in [5.41, 5.74) is 1.54. The number of rotatable bonds is 4. The van der Waals surface area contributed by atoms with Gasteiger partial charge in [0, 0.05) is 3.57 Å². The molecule has 5 heteroatoms. The van der Waals surface area contributed by atoms with Gasteiger partial charge in [0.05, 0.1) is 25.0 Å². The van der Waals surface area contributed by atoms with Crippen molar-refractivity contribution in [2.45, 2.75) is 36.5 Å². The number of benzene rings is 2. The summed E-state index contributed by atoms with van der Waals surface area (Å²) in [7, 11) is 2.90. The van der Waals surface area contributed by atoms with Crippen LogP contribution in [0.2, 0.25) is 0 Å². The third-order valence-corrected chi connectivity index (χ3v) is 6.09. The molecular formula is C22H23IO4. The Morgan fingerprint density at radius 3 is 1.52 bits per heavy atom. The normalized spacial score (nSPS) is 17.7. The van der Waals surface area contributed by atoms with Crippen molar-refractivity contribution >= 4 is 34.5 Å². The van der Waals surface area contributed by atoms with Crippen molar-refractivity contribution < 1.29 is 19.1 Å². The Bertz CT molecular complexity index is 806. The molecule has 2 aliphatic rings. The number of ether oxygens (including phenoxy) is 2. The molecule has 0 spiro atoms. The summed E-state index contributed by atoms with van der Waals surface area (Å²) in [6, 6.07) is 17.9. The molecule has 4 nitrogen and oxygen atoms in total. The lowest BCUT2D eigenvalue weighted by Gasteiger charge is -2.12. The highest BCUT2D eigenvalue weighted by molar-refractivity contribution is 14.1. The molecule has 2 saturated carbocycles. The smallest absolute Gasteiger partial charge is 0.316 e. The van der Waals surface area contributed by atoms with Crippen LogP contribution >= 0.6 is 22.6 Å². The first-order valence-electron chi connectivity index (χ1n) is 8.97.